The molecule has 0 aliphatic heterocycles. The maximum absolute atomic E-state index is 12.6. The van der Waals surface area contributed by atoms with Crippen LogP contribution in [0, 0.1) is 0 Å². The van der Waals surface area contributed by atoms with Crippen LogP contribution in [0.15, 0.2) is 58.3 Å². The van der Waals surface area contributed by atoms with Crippen LogP contribution >= 0.6 is 23.5 Å². The molecule has 1 aliphatic rings. The summed E-state index contributed by atoms with van der Waals surface area (Å²) in [6.45, 7) is 0. The van der Waals surface area contributed by atoms with Crippen molar-refractivity contribution in [1.82, 2.24) is 0 Å². The highest BCUT2D eigenvalue weighted by Crippen LogP contribution is 2.38. The minimum atomic E-state index is -0.0329. The molecular formula is C19H21NOS2. The summed E-state index contributed by atoms with van der Waals surface area (Å²) in [7, 11) is 0. The average Bonchev–Trinajstić information content (AvgIpc) is 3.09. The van der Waals surface area contributed by atoms with Gasteiger partial charge in [0.25, 0.3) is 5.91 Å². The lowest BCUT2D eigenvalue weighted by atomic mass is 10.2. The number of anilines is 1. The van der Waals surface area contributed by atoms with Gasteiger partial charge in [-0.3, -0.25) is 4.79 Å². The zero-order chi connectivity index (χ0) is 16.1. The summed E-state index contributed by atoms with van der Waals surface area (Å²) < 4.78 is 0. The van der Waals surface area contributed by atoms with Crippen molar-refractivity contribution in [2.24, 2.45) is 0 Å². The Labute approximate surface area is 146 Å². The molecule has 4 heteroatoms. The van der Waals surface area contributed by atoms with Gasteiger partial charge >= 0.3 is 0 Å². The molecule has 0 spiro atoms. The third kappa shape index (κ3) is 4.12. The first-order valence-electron chi connectivity index (χ1n) is 7.98. The lowest BCUT2D eigenvalue weighted by Crippen LogP contribution is -2.13. The van der Waals surface area contributed by atoms with Crippen LogP contribution in [0.25, 0.3) is 0 Å². The molecule has 1 aliphatic carbocycles. The molecule has 0 unspecified atom stereocenters. The van der Waals surface area contributed by atoms with Gasteiger partial charge in [-0.05, 0) is 43.4 Å². The molecule has 2 nitrogen and oxygen atoms in total. The molecule has 0 aromatic heterocycles. The molecule has 0 radical (unpaired) electrons. The first-order valence-corrected chi connectivity index (χ1v) is 10.1. The molecular weight excluding hydrogens is 322 g/mol. The number of hydrogen-bond acceptors (Lipinski definition) is 3. The summed E-state index contributed by atoms with van der Waals surface area (Å²) in [5.41, 5.74) is 1.66. The van der Waals surface area contributed by atoms with Gasteiger partial charge in [-0.25, -0.2) is 0 Å². The summed E-state index contributed by atoms with van der Waals surface area (Å²) >= 11 is 3.50. The summed E-state index contributed by atoms with van der Waals surface area (Å²) in [5, 5.41) is 3.79. The van der Waals surface area contributed by atoms with E-state index < -0.39 is 0 Å². The second kappa shape index (κ2) is 7.93. The molecule has 1 fully saturated rings. The Morgan fingerprint density at radius 3 is 2.39 bits per heavy atom. The number of amides is 1. The van der Waals surface area contributed by atoms with Crippen molar-refractivity contribution in [1.29, 1.82) is 0 Å². The number of benzene rings is 2. The quantitative estimate of drug-likeness (QED) is 0.707. The van der Waals surface area contributed by atoms with Crippen molar-refractivity contribution in [2.45, 2.75) is 40.7 Å². The Kier molecular flexibility index (Phi) is 5.68. The van der Waals surface area contributed by atoms with Gasteiger partial charge in [-0.1, -0.05) is 37.1 Å². The number of thioether (sulfide) groups is 2. The van der Waals surface area contributed by atoms with Gasteiger partial charge in [0.15, 0.2) is 0 Å². The molecule has 0 heterocycles. The van der Waals surface area contributed by atoms with Crippen LogP contribution in [0.2, 0.25) is 0 Å². The molecule has 23 heavy (non-hydrogen) atoms. The van der Waals surface area contributed by atoms with E-state index in [1.54, 1.807) is 11.8 Å². The van der Waals surface area contributed by atoms with Gasteiger partial charge in [-0.2, -0.15) is 0 Å². The van der Waals surface area contributed by atoms with E-state index in [4.69, 9.17) is 0 Å². The van der Waals surface area contributed by atoms with Gasteiger partial charge in [0.05, 0.1) is 11.3 Å². The van der Waals surface area contributed by atoms with Crippen LogP contribution < -0.4 is 5.32 Å². The smallest absolute Gasteiger partial charge is 0.256 e. The lowest BCUT2D eigenvalue weighted by molar-refractivity contribution is 0.102. The van der Waals surface area contributed by atoms with Crippen molar-refractivity contribution >= 4 is 35.1 Å². The minimum absolute atomic E-state index is 0.0329. The highest BCUT2D eigenvalue weighted by molar-refractivity contribution is 8.00. The third-order valence-corrected chi connectivity index (χ3v) is 6.29. The maximum Gasteiger partial charge on any atom is 0.256 e. The molecule has 3 rings (SSSR count). The van der Waals surface area contributed by atoms with Crippen molar-refractivity contribution < 1.29 is 4.79 Å². The third-order valence-electron chi connectivity index (χ3n) is 4.08. The van der Waals surface area contributed by atoms with Gasteiger partial charge in [0.2, 0.25) is 0 Å². The molecule has 1 amide bonds. The van der Waals surface area contributed by atoms with Crippen LogP contribution in [0.1, 0.15) is 36.0 Å². The van der Waals surface area contributed by atoms with Crippen molar-refractivity contribution in [2.75, 3.05) is 11.6 Å². The topological polar surface area (TPSA) is 29.1 Å². The first kappa shape index (κ1) is 16.5. The van der Waals surface area contributed by atoms with Crippen molar-refractivity contribution in [3.05, 3.63) is 54.1 Å². The summed E-state index contributed by atoms with van der Waals surface area (Å²) in [6, 6.07) is 15.9. The van der Waals surface area contributed by atoms with Gasteiger partial charge in [-0.15, -0.1) is 23.5 Å². The van der Waals surface area contributed by atoms with Gasteiger partial charge in [0.1, 0.15) is 0 Å². The monoisotopic (exact) mass is 343 g/mol. The molecule has 0 atom stereocenters. The maximum atomic E-state index is 12.6. The standard InChI is InChI=1S/C19H21NOS2/c1-22-17-12-6-4-10-15(17)19(21)20-16-11-5-7-13-18(16)23-14-8-2-3-9-14/h4-7,10-14H,2-3,8-9H2,1H3,(H,20,21). The van der Waals surface area contributed by atoms with E-state index in [1.807, 2.05) is 60.5 Å². The van der Waals surface area contributed by atoms with E-state index >= 15 is 0 Å². The Morgan fingerprint density at radius 2 is 1.65 bits per heavy atom. The Balaban J connectivity index is 1.78. The van der Waals surface area contributed by atoms with E-state index in [-0.39, 0.29) is 5.91 Å². The van der Waals surface area contributed by atoms with Crippen molar-refractivity contribution in [3.63, 3.8) is 0 Å². The first-order chi connectivity index (χ1) is 11.3. The average molecular weight is 344 g/mol. The highest BCUT2D eigenvalue weighted by atomic mass is 32.2. The number of nitrogens with one attached hydrogen (secondary N) is 1. The van der Waals surface area contributed by atoms with Gasteiger partial charge < -0.3 is 5.32 Å². The van der Waals surface area contributed by atoms with E-state index in [0.29, 0.717) is 5.25 Å². The minimum Gasteiger partial charge on any atom is -0.321 e. The Morgan fingerprint density at radius 1 is 1.00 bits per heavy atom. The molecule has 120 valence electrons. The Hall–Kier alpha value is -1.39. The largest absolute Gasteiger partial charge is 0.321 e. The predicted molar refractivity (Wildman–Crippen MR) is 101 cm³/mol. The summed E-state index contributed by atoms with van der Waals surface area (Å²) in [5.74, 6) is -0.0329. The predicted octanol–water partition coefficient (Wildman–Crippen LogP) is 5.70. The number of carbonyl (C=O) groups excluding carboxylic acids is 1. The summed E-state index contributed by atoms with van der Waals surface area (Å²) in [4.78, 5) is 14.8. The molecule has 0 bridgehead atoms. The fourth-order valence-electron chi connectivity index (χ4n) is 2.88. The van der Waals surface area contributed by atoms with E-state index in [2.05, 4.69) is 11.4 Å². The second-order valence-electron chi connectivity index (χ2n) is 5.67. The molecule has 1 N–H and O–H groups in total. The second-order valence-corrected chi connectivity index (χ2v) is 7.87. The van der Waals surface area contributed by atoms with E-state index in [1.165, 1.54) is 30.6 Å². The van der Waals surface area contributed by atoms with E-state index in [9.17, 15) is 4.79 Å². The van der Waals surface area contributed by atoms with Crippen molar-refractivity contribution in [3.8, 4) is 0 Å². The summed E-state index contributed by atoms with van der Waals surface area (Å²) in [6.07, 6.45) is 7.21. The Bertz CT molecular complexity index is 681. The SMILES string of the molecule is CSc1ccccc1C(=O)Nc1ccccc1SC1CCCC1. The number of carbonyl (C=O) groups is 1. The van der Waals surface area contributed by atoms with Crippen LogP contribution in [0.3, 0.4) is 0 Å². The lowest BCUT2D eigenvalue weighted by Gasteiger charge is -2.15. The fourth-order valence-corrected chi connectivity index (χ4v) is 4.81. The molecule has 1 saturated carbocycles. The molecule has 2 aromatic rings. The zero-order valence-electron chi connectivity index (χ0n) is 13.2. The van der Waals surface area contributed by atoms with Crippen LogP contribution in [-0.4, -0.2) is 17.4 Å². The normalized spacial score (nSPS) is 14.8. The van der Waals surface area contributed by atoms with E-state index in [0.717, 1.165) is 16.1 Å². The fraction of sp³-hybridized carbons (Fsp3) is 0.316. The van der Waals surface area contributed by atoms with Crippen LogP contribution in [0.4, 0.5) is 5.69 Å². The number of rotatable bonds is 5. The number of para-hydroxylation sites is 1. The van der Waals surface area contributed by atoms with Gasteiger partial charge in [0, 0.05) is 15.0 Å². The zero-order valence-corrected chi connectivity index (χ0v) is 14.9. The van der Waals surface area contributed by atoms with Crippen LogP contribution in [-0.2, 0) is 0 Å². The van der Waals surface area contributed by atoms with Crippen LogP contribution in [0.5, 0.6) is 0 Å². The highest BCUT2D eigenvalue weighted by Gasteiger charge is 2.18. The molecule has 0 saturated heterocycles. The molecule has 2 aromatic carbocycles. The number of hydrogen-bond donors (Lipinski definition) is 1.